The lowest BCUT2D eigenvalue weighted by Gasteiger charge is -2.46. The number of hydrogen-bond acceptors (Lipinski definition) is 4. The number of imidazole rings is 1. The van der Waals surface area contributed by atoms with E-state index < -0.39 is 0 Å². The smallest absolute Gasteiger partial charge is 0.143 e. The fourth-order valence-corrected chi connectivity index (χ4v) is 5.29. The summed E-state index contributed by atoms with van der Waals surface area (Å²) in [6.45, 7) is 6.75. The van der Waals surface area contributed by atoms with E-state index in [-0.39, 0.29) is 5.41 Å². The van der Waals surface area contributed by atoms with Crippen LogP contribution in [0.2, 0.25) is 0 Å². The highest BCUT2D eigenvalue weighted by molar-refractivity contribution is 5.42. The topological polar surface area (TPSA) is 61.7 Å². The monoisotopic (exact) mass is 337 g/mol. The second-order valence-electron chi connectivity index (χ2n) is 7.91. The zero-order chi connectivity index (χ0) is 17.3. The van der Waals surface area contributed by atoms with Crippen molar-refractivity contribution in [1.82, 2.24) is 24.5 Å². The van der Waals surface area contributed by atoms with E-state index >= 15 is 0 Å². The van der Waals surface area contributed by atoms with Gasteiger partial charge in [0.2, 0.25) is 0 Å². The lowest BCUT2D eigenvalue weighted by atomic mass is 9.57. The molecule has 6 nitrogen and oxygen atoms in total. The molecule has 0 fully saturated rings. The van der Waals surface area contributed by atoms with Crippen LogP contribution in [-0.2, 0) is 25.3 Å². The van der Waals surface area contributed by atoms with Gasteiger partial charge in [0.25, 0.3) is 0 Å². The van der Waals surface area contributed by atoms with Crippen LogP contribution < -0.4 is 0 Å². The SMILES string of the molecule is Cc1nc2c(n1-c1cnn(C)c1)CC[C@H]1[C@H](C)c3oncc3C[C@]21C. The molecule has 25 heavy (non-hydrogen) atoms. The average Bonchev–Trinajstić information content (AvgIpc) is 3.26. The molecular weight excluding hydrogens is 314 g/mol. The summed E-state index contributed by atoms with van der Waals surface area (Å²) >= 11 is 0. The van der Waals surface area contributed by atoms with Crippen molar-refractivity contribution in [3.63, 3.8) is 0 Å². The normalized spacial score (nSPS) is 27.7. The first-order valence-electron chi connectivity index (χ1n) is 9.00. The fraction of sp³-hybridized carbons (Fsp3) is 0.526. The molecule has 2 aliphatic rings. The summed E-state index contributed by atoms with van der Waals surface area (Å²) in [5.41, 5.74) is 4.97. The van der Waals surface area contributed by atoms with Crippen LogP contribution in [0.1, 0.15) is 54.7 Å². The molecule has 0 aliphatic heterocycles. The van der Waals surface area contributed by atoms with Crippen molar-refractivity contribution in [3.8, 4) is 5.69 Å². The Morgan fingerprint density at radius 2 is 2.16 bits per heavy atom. The Kier molecular flexibility index (Phi) is 2.89. The van der Waals surface area contributed by atoms with Crippen LogP contribution in [0, 0.1) is 12.8 Å². The largest absolute Gasteiger partial charge is 0.361 e. The van der Waals surface area contributed by atoms with Gasteiger partial charge < -0.3 is 4.52 Å². The summed E-state index contributed by atoms with van der Waals surface area (Å²) in [5.74, 6) is 3.04. The quantitative estimate of drug-likeness (QED) is 0.684. The van der Waals surface area contributed by atoms with E-state index in [1.54, 1.807) is 0 Å². The van der Waals surface area contributed by atoms with Gasteiger partial charge in [0.05, 0.1) is 23.8 Å². The lowest BCUT2D eigenvalue weighted by molar-refractivity contribution is 0.171. The Balaban J connectivity index is 1.69. The van der Waals surface area contributed by atoms with Gasteiger partial charge in [-0.05, 0) is 32.1 Å². The Labute approximate surface area is 146 Å². The molecule has 130 valence electrons. The van der Waals surface area contributed by atoms with Gasteiger partial charge >= 0.3 is 0 Å². The molecule has 3 atom stereocenters. The highest BCUT2D eigenvalue weighted by Gasteiger charge is 2.50. The standard InChI is InChI=1S/C19H23N5O/c1-11-15-5-6-16-18(19(15,3)7-13-8-21-25-17(11)13)22-12(2)24(16)14-9-20-23(4)10-14/h8-11,15H,5-7H2,1-4H3/t11-,15-,19-/m0/s1. The number of rotatable bonds is 1. The van der Waals surface area contributed by atoms with Gasteiger partial charge in [-0.2, -0.15) is 5.10 Å². The second-order valence-corrected chi connectivity index (χ2v) is 7.91. The second kappa shape index (κ2) is 4.84. The van der Waals surface area contributed by atoms with E-state index in [9.17, 15) is 0 Å². The van der Waals surface area contributed by atoms with E-state index in [1.807, 2.05) is 24.1 Å². The maximum absolute atomic E-state index is 5.56. The molecular formula is C19H23N5O. The summed E-state index contributed by atoms with van der Waals surface area (Å²) in [7, 11) is 1.95. The number of aryl methyl sites for hydroxylation is 2. The maximum atomic E-state index is 5.56. The van der Waals surface area contributed by atoms with Crippen LogP contribution in [0.25, 0.3) is 5.69 Å². The molecule has 3 aromatic rings. The van der Waals surface area contributed by atoms with Crippen LogP contribution in [-0.4, -0.2) is 24.5 Å². The molecule has 0 saturated heterocycles. The zero-order valence-corrected chi connectivity index (χ0v) is 15.2. The van der Waals surface area contributed by atoms with Crippen LogP contribution >= 0.6 is 0 Å². The highest BCUT2D eigenvalue weighted by atomic mass is 16.5. The third-order valence-corrected chi connectivity index (χ3v) is 6.39. The molecule has 0 saturated carbocycles. The number of fused-ring (bicyclic) bond motifs is 4. The lowest BCUT2D eigenvalue weighted by Crippen LogP contribution is -2.44. The molecule has 6 heteroatoms. The first kappa shape index (κ1) is 14.9. The Morgan fingerprint density at radius 1 is 1.32 bits per heavy atom. The van der Waals surface area contributed by atoms with E-state index in [0.717, 1.165) is 36.5 Å². The van der Waals surface area contributed by atoms with Crippen molar-refractivity contribution in [2.75, 3.05) is 0 Å². The molecule has 2 aliphatic carbocycles. The highest BCUT2D eigenvalue weighted by Crippen LogP contribution is 2.53. The summed E-state index contributed by atoms with van der Waals surface area (Å²) in [4.78, 5) is 5.06. The number of nitrogens with zero attached hydrogens (tertiary/aromatic N) is 5. The van der Waals surface area contributed by atoms with Gasteiger partial charge in [0.1, 0.15) is 11.6 Å². The summed E-state index contributed by atoms with van der Waals surface area (Å²) in [5, 5.41) is 8.40. The van der Waals surface area contributed by atoms with Crippen molar-refractivity contribution in [2.45, 2.75) is 51.4 Å². The van der Waals surface area contributed by atoms with E-state index in [1.165, 1.54) is 17.0 Å². The van der Waals surface area contributed by atoms with Crippen LogP contribution in [0.3, 0.4) is 0 Å². The van der Waals surface area contributed by atoms with Crippen molar-refractivity contribution in [3.05, 3.63) is 47.1 Å². The summed E-state index contributed by atoms with van der Waals surface area (Å²) in [6.07, 6.45) is 9.02. The molecule has 0 unspecified atom stereocenters. The van der Waals surface area contributed by atoms with E-state index in [0.29, 0.717) is 11.8 Å². The molecule has 3 aromatic heterocycles. The van der Waals surface area contributed by atoms with Gasteiger partial charge in [-0.15, -0.1) is 0 Å². The van der Waals surface area contributed by atoms with Crippen molar-refractivity contribution >= 4 is 0 Å². The van der Waals surface area contributed by atoms with Crippen molar-refractivity contribution in [1.29, 1.82) is 0 Å². The Hall–Kier alpha value is -2.37. The van der Waals surface area contributed by atoms with Crippen molar-refractivity contribution < 1.29 is 4.52 Å². The predicted molar refractivity (Wildman–Crippen MR) is 92.9 cm³/mol. The van der Waals surface area contributed by atoms with Gasteiger partial charge in [0, 0.05) is 35.8 Å². The maximum Gasteiger partial charge on any atom is 0.143 e. The minimum Gasteiger partial charge on any atom is -0.361 e. The van der Waals surface area contributed by atoms with Gasteiger partial charge in [-0.1, -0.05) is 19.0 Å². The average molecular weight is 337 g/mol. The molecule has 0 radical (unpaired) electrons. The van der Waals surface area contributed by atoms with Gasteiger partial charge in [0.15, 0.2) is 0 Å². The third kappa shape index (κ3) is 1.88. The third-order valence-electron chi connectivity index (χ3n) is 6.39. The minimum atomic E-state index is 0.0315. The minimum absolute atomic E-state index is 0.0315. The molecule has 0 aromatic carbocycles. The fourth-order valence-electron chi connectivity index (χ4n) is 5.29. The molecule has 0 amide bonds. The van der Waals surface area contributed by atoms with E-state index in [2.05, 4.69) is 41.8 Å². The van der Waals surface area contributed by atoms with Crippen LogP contribution in [0.4, 0.5) is 0 Å². The molecule has 3 heterocycles. The van der Waals surface area contributed by atoms with E-state index in [4.69, 9.17) is 9.51 Å². The van der Waals surface area contributed by atoms with Gasteiger partial charge in [-0.25, -0.2) is 4.98 Å². The number of hydrogen-bond donors (Lipinski definition) is 0. The van der Waals surface area contributed by atoms with Crippen LogP contribution in [0.5, 0.6) is 0 Å². The predicted octanol–water partition coefficient (Wildman–Crippen LogP) is 3.08. The molecule has 0 spiro atoms. The zero-order valence-electron chi connectivity index (χ0n) is 15.2. The number of aromatic nitrogens is 5. The Bertz CT molecular complexity index is 965. The van der Waals surface area contributed by atoms with Crippen LogP contribution in [0.15, 0.2) is 23.1 Å². The first-order valence-corrected chi connectivity index (χ1v) is 9.00. The van der Waals surface area contributed by atoms with Gasteiger partial charge in [-0.3, -0.25) is 9.25 Å². The molecule has 0 bridgehead atoms. The Morgan fingerprint density at radius 3 is 2.92 bits per heavy atom. The molecule has 0 N–H and O–H groups in total. The first-order chi connectivity index (χ1) is 12.0. The summed E-state index contributed by atoms with van der Waals surface area (Å²) < 4.78 is 9.70. The molecule has 5 rings (SSSR count). The summed E-state index contributed by atoms with van der Waals surface area (Å²) in [6, 6.07) is 0. The van der Waals surface area contributed by atoms with Crippen molar-refractivity contribution in [2.24, 2.45) is 13.0 Å².